The number of carbonyl (C=O) groups is 2. The van der Waals surface area contributed by atoms with Gasteiger partial charge in [-0.2, -0.15) is 0 Å². The molecule has 1 radical (unpaired) electrons. The van der Waals surface area contributed by atoms with Crippen molar-refractivity contribution in [2.45, 2.75) is 13.8 Å². The first-order valence-electron chi connectivity index (χ1n) is 2.15. The third-order valence-corrected chi connectivity index (χ3v) is 0.235. The Morgan fingerprint density at radius 1 is 1.00 bits per heavy atom. The SMILES string of the molecule is CC(=O)O[O-].CC(=O)O[O-].[Cu+2]. The predicted molar refractivity (Wildman–Crippen MR) is 23.5 cm³/mol. The Kier molecular flexibility index (Phi) is 18.4. The second kappa shape index (κ2) is 12.1. The minimum absolute atomic E-state index is 0. The van der Waals surface area contributed by atoms with Crippen molar-refractivity contribution in [1.82, 2.24) is 0 Å². The van der Waals surface area contributed by atoms with Crippen LogP contribution in [0.5, 0.6) is 0 Å². The van der Waals surface area contributed by atoms with Crippen LogP contribution in [0.15, 0.2) is 0 Å². The van der Waals surface area contributed by atoms with Gasteiger partial charge >= 0.3 is 17.1 Å². The molecule has 0 aromatic carbocycles. The van der Waals surface area contributed by atoms with Crippen molar-refractivity contribution >= 4 is 11.9 Å². The largest absolute Gasteiger partial charge is 2.00 e. The van der Waals surface area contributed by atoms with Crippen LogP contribution in [0, 0.1) is 0 Å². The minimum Gasteiger partial charge on any atom is -0.662 e. The van der Waals surface area contributed by atoms with Gasteiger partial charge in [-0.1, -0.05) is 0 Å². The molecule has 0 N–H and O–H groups in total. The van der Waals surface area contributed by atoms with E-state index < -0.39 is 11.9 Å². The minimum atomic E-state index is -0.801. The summed E-state index contributed by atoms with van der Waals surface area (Å²) in [6.45, 7) is 2.10. The summed E-state index contributed by atoms with van der Waals surface area (Å²) in [5, 5.41) is 17.6. The van der Waals surface area contributed by atoms with Gasteiger partial charge in [0.2, 0.25) is 0 Å². The molecule has 69 valence electrons. The first kappa shape index (κ1) is 16.8. The fourth-order valence-electron chi connectivity index (χ4n) is 0. The molecule has 7 heteroatoms. The van der Waals surface area contributed by atoms with Gasteiger partial charge in [-0.15, -0.1) is 0 Å². The smallest absolute Gasteiger partial charge is 0.662 e. The molecule has 0 amide bonds. The molecular weight excluding hydrogens is 208 g/mol. The molecule has 0 saturated carbocycles. The normalized spacial score (nSPS) is 6.18. The molecule has 0 aliphatic heterocycles. The van der Waals surface area contributed by atoms with E-state index in [1.165, 1.54) is 0 Å². The predicted octanol–water partition coefficient (Wildman–Crippen LogP) is -2.35. The van der Waals surface area contributed by atoms with E-state index in [1.54, 1.807) is 0 Å². The van der Waals surface area contributed by atoms with Crippen LogP contribution in [0.3, 0.4) is 0 Å². The molecule has 0 spiro atoms. The van der Waals surface area contributed by atoms with Crippen molar-refractivity contribution in [3.8, 4) is 0 Å². The first-order valence-corrected chi connectivity index (χ1v) is 2.15. The quantitative estimate of drug-likeness (QED) is 0.254. The van der Waals surface area contributed by atoms with Crippen LogP contribution in [0.2, 0.25) is 0 Å². The van der Waals surface area contributed by atoms with E-state index >= 15 is 0 Å². The van der Waals surface area contributed by atoms with Crippen molar-refractivity contribution < 1.29 is 46.9 Å². The van der Waals surface area contributed by atoms with Crippen LogP contribution in [0.1, 0.15) is 13.8 Å². The molecule has 6 nitrogen and oxygen atoms in total. The molecule has 0 bridgehead atoms. The van der Waals surface area contributed by atoms with Crippen molar-refractivity contribution in [2.24, 2.45) is 0 Å². The zero-order chi connectivity index (χ0) is 8.57. The summed E-state index contributed by atoms with van der Waals surface area (Å²) < 4.78 is 0. The average molecular weight is 214 g/mol. The zero-order valence-corrected chi connectivity index (χ0v) is 6.69. The molecule has 0 aliphatic rings. The Morgan fingerprint density at radius 3 is 1.09 bits per heavy atom. The van der Waals surface area contributed by atoms with Gasteiger partial charge in [-0.05, 0) is 0 Å². The molecular formula is C4H6CuO6. The van der Waals surface area contributed by atoms with E-state index in [4.69, 9.17) is 10.5 Å². The van der Waals surface area contributed by atoms with Crippen LogP contribution in [-0.4, -0.2) is 11.9 Å². The molecule has 0 aliphatic carbocycles. The van der Waals surface area contributed by atoms with Gasteiger partial charge in [-0.25, -0.2) is 0 Å². The van der Waals surface area contributed by atoms with Gasteiger partial charge in [0.15, 0.2) is 0 Å². The molecule has 0 saturated heterocycles. The Morgan fingerprint density at radius 2 is 1.09 bits per heavy atom. The van der Waals surface area contributed by atoms with E-state index in [1.807, 2.05) is 0 Å². The molecule has 0 aromatic rings. The molecule has 11 heavy (non-hydrogen) atoms. The maximum absolute atomic E-state index is 9.28. The Balaban J connectivity index is -0.000000107. The Bertz CT molecular complexity index is 99.1. The molecule has 0 heterocycles. The summed E-state index contributed by atoms with van der Waals surface area (Å²) in [4.78, 5) is 24.3. The van der Waals surface area contributed by atoms with Crippen LogP contribution in [0.25, 0.3) is 0 Å². The standard InChI is InChI=1S/2C2H4O3.Cu/c2*1-2(3)5-4;/h2*4H,1H3;/q;;+2/p-2. The third-order valence-electron chi connectivity index (χ3n) is 0.235. The van der Waals surface area contributed by atoms with Crippen LogP contribution >= 0.6 is 0 Å². The van der Waals surface area contributed by atoms with Gasteiger partial charge < -0.3 is 20.3 Å². The second-order valence-corrected chi connectivity index (χ2v) is 1.15. The summed E-state index contributed by atoms with van der Waals surface area (Å²) >= 11 is 0. The van der Waals surface area contributed by atoms with Crippen molar-refractivity contribution in [3.63, 3.8) is 0 Å². The third kappa shape index (κ3) is 44.7. The zero-order valence-electron chi connectivity index (χ0n) is 5.75. The second-order valence-electron chi connectivity index (χ2n) is 1.15. The van der Waals surface area contributed by atoms with E-state index in [2.05, 4.69) is 9.78 Å². The van der Waals surface area contributed by atoms with Gasteiger partial charge in [0.1, 0.15) is 0 Å². The number of hydrogen-bond donors (Lipinski definition) is 0. The Hall–Kier alpha value is -0.621. The van der Waals surface area contributed by atoms with Gasteiger partial charge in [0, 0.05) is 13.8 Å². The van der Waals surface area contributed by atoms with Gasteiger partial charge in [0.25, 0.3) is 11.9 Å². The first-order chi connectivity index (χ1) is 4.54. The van der Waals surface area contributed by atoms with Crippen molar-refractivity contribution in [3.05, 3.63) is 0 Å². The number of rotatable bonds is 0. The molecule has 0 fully saturated rings. The number of carbonyl (C=O) groups excluding carboxylic acids is 2. The maximum atomic E-state index is 9.28. The monoisotopic (exact) mass is 213 g/mol. The van der Waals surface area contributed by atoms with Gasteiger partial charge in [-0.3, -0.25) is 9.59 Å². The summed E-state index contributed by atoms with van der Waals surface area (Å²) in [5.41, 5.74) is 0. The summed E-state index contributed by atoms with van der Waals surface area (Å²) in [6, 6.07) is 0. The fraction of sp³-hybridized carbons (Fsp3) is 0.500. The fourth-order valence-corrected chi connectivity index (χ4v) is 0. The molecule has 0 atom stereocenters. The van der Waals surface area contributed by atoms with Gasteiger partial charge in [0.05, 0.1) is 0 Å². The van der Waals surface area contributed by atoms with E-state index in [0.717, 1.165) is 13.8 Å². The summed E-state index contributed by atoms with van der Waals surface area (Å²) in [7, 11) is 0. The van der Waals surface area contributed by atoms with Crippen LogP contribution in [0.4, 0.5) is 0 Å². The number of hydrogen-bond acceptors (Lipinski definition) is 6. The van der Waals surface area contributed by atoms with E-state index in [9.17, 15) is 9.59 Å². The maximum Gasteiger partial charge on any atom is 2.00 e. The van der Waals surface area contributed by atoms with Crippen molar-refractivity contribution in [1.29, 1.82) is 0 Å². The molecule has 0 unspecified atom stereocenters. The topological polar surface area (TPSA) is 98.7 Å². The summed E-state index contributed by atoms with van der Waals surface area (Å²) in [6.07, 6.45) is 0. The van der Waals surface area contributed by atoms with Crippen LogP contribution in [-0.2, 0) is 36.4 Å². The van der Waals surface area contributed by atoms with E-state index in [0.29, 0.717) is 0 Å². The van der Waals surface area contributed by atoms with Crippen molar-refractivity contribution in [2.75, 3.05) is 0 Å². The Labute approximate surface area is 73.4 Å². The molecule has 0 aromatic heterocycles. The average Bonchev–Trinajstić information content (AvgIpc) is 1.89. The molecule has 0 rings (SSSR count). The summed E-state index contributed by atoms with van der Waals surface area (Å²) in [5.74, 6) is -1.60. The van der Waals surface area contributed by atoms with Crippen LogP contribution < -0.4 is 10.5 Å². The van der Waals surface area contributed by atoms with E-state index in [-0.39, 0.29) is 17.1 Å².